The van der Waals surface area contributed by atoms with Gasteiger partial charge in [0.25, 0.3) is 10.0 Å². The van der Waals surface area contributed by atoms with Gasteiger partial charge in [-0.25, -0.2) is 8.42 Å². The van der Waals surface area contributed by atoms with E-state index < -0.39 is 10.0 Å². The van der Waals surface area contributed by atoms with Crippen LogP contribution >= 0.6 is 23.2 Å². The van der Waals surface area contributed by atoms with E-state index in [1.807, 2.05) is 6.92 Å². The summed E-state index contributed by atoms with van der Waals surface area (Å²) in [5.74, 6) is 0.151. The normalized spacial score (nSPS) is 11.1. The average Bonchev–Trinajstić information content (AvgIpc) is 2.57. The number of nitrogens with one attached hydrogen (secondary N) is 2. The third-order valence-electron chi connectivity index (χ3n) is 3.41. The monoisotopic (exact) mass is 416 g/mol. The fraction of sp³-hybridized carbons (Fsp3) is 0.235. The molecule has 0 fully saturated rings. The predicted molar refractivity (Wildman–Crippen MR) is 104 cm³/mol. The lowest BCUT2D eigenvalue weighted by atomic mass is 10.2. The molecule has 2 aromatic carbocycles. The van der Waals surface area contributed by atoms with Crippen molar-refractivity contribution in [3.8, 4) is 5.75 Å². The topological polar surface area (TPSA) is 84.5 Å². The molecule has 0 atom stereocenters. The summed E-state index contributed by atoms with van der Waals surface area (Å²) in [7, 11) is -2.51. The molecular weight excluding hydrogens is 399 g/mol. The third-order valence-corrected chi connectivity index (χ3v) is 5.51. The van der Waals surface area contributed by atoms with Gasteiger partial charge < -0.3 is 10.1 Å². The summed E-state index contributed by atoms with van der Waals surface area (Å²) >= 11 is 11.7. The van der Waals surface area contributed by atoms with Gasteiger partial charge in [-0.1, -0.05) is 30.1 Å². The molecule has 0 bridgehead atoms. The number of halogens is 2. The number of hydrogen-bond donors (Lipinski definition) is 2. The summed E-state index contributed by atoms with van der Waals surface area (Å²) in [6, 6.07) is 8.68. The van der Waals surface area contributed by atoms with Crippen LogP contribution in [0.2, 0.25) is 10.0 Å². The molecule has 9 heteroatoms. The highest BCUT2D eigenvalue weighted by molar-refractivity contribution is 7.92. The number of methoxy groups -OCH3 is 1. The number of ether oxygens (including phenoxy) is 1. The SMILES string of the molecule is CCCC(=O)Nc1ccc(OC)c(NS(=O)(=O)c2ccc(Cl)c(Cl)c2)c1. The van der Waals surface area contributed by atoms with Gasteiger partial charge in [0, 0.05) is 12.1 Å². The standard InChI is InChI=1S/C17H18Cl2N2O4S/c1-3-4-17(22)20-11-5-8-16(25-2)15(9-11)21-26(23,24)12-6-7-13(18)14(19)10-12/h5-10,21H,3-4H2,1-2H3,(H,20,22). The van der Waals surface area contributed by atoms with E-state index in [1.54, 1.807) is 12.1 Å². The average molecular weight is 417 g/mol. The lowest BCUT2D eigenvalue weighted by Gasteiger charge is -2.14. The van der Waals surface area contributed by atoms with Crippen molar-refractivity contribution < 1.29 is 17.9 Å². The molecule has 2 rings (SSSR count). The number of carbonyl (C=O) groups excluding carboxylic acids is 1. The minimum Gasteiger partial charge on any atom is -0.495 e. The zero-order valence-corrected chi connectivity index (χ0v) is 16.5. The van der Waals surface area contributed by atoms with Gasteiger partial charge in [-0.2, -0.15) is 0 Å². The van der Waals surface area contributed by atoms with Crippen molar-refractivity contribution in [1.29, 1.82) is 0 Å². The molecule has 0 heterocycles. The Morgan fingerprint density at radius 1 is 1.12 bits per heavy atom. The minimum atomic E-state index is -3.93. The molecule has 0 aromatic heterocycles. The van der Waals surface area contributed by atoms with Crippen LogP contribution in [0.15, 0.2) is 41.3 Å². The van der Waals surface area contributed by atoms with Gasteiger partial charge in [0.05, 0.1) is 27.7 Å². The Labute approximate surface area is 162 Å². The maximum absolute atomic E-state index is 12.6. The number of rotatable bonds is 7. The van der Waals surface area contributed by atoms with Crippen LogP contribution in [0.4, 0.5) is 11.4 Å². The van der Waals surface area contributed by atoms with Gasteiger partial charge in [-0.05, 0) is 42.8 Å². The van der Waals surface area contributed by atoms with Gasteiger partial charge in [0.15, 0.2) is 0 Å². The van der Waals surface area contributed by atoms with Crippen molar-refractivity contribution in [3.05, 3.63) is 46.4 Å². The number of amides is 1. The van der Waals surface area contributed by atoms with E-state index in [0.717, 1.165) is 0 Å². The highest BCUT2D eigenvalue weighted by Crippen LogP contribution is 2.31. The first-order valence-electron chi connectivity index (χ1n) is 7.72. The summed E-state index contributed by atoms with van der Waals surface area (Å²) in [4.78, 5) is 11.7. The van der Waals surface area contributed by atoms with E-state index in [9.17, 15) is 13.2 Å². The number of anilines is 2. The lowest BCUT2D eigenvalue weighted by molar-refractivity contribution is -0.116. The van der Waals surface area contributed by atoms with Gasteiger partial charge in [-0.15, -0.1) is 0 Å². The third kappa shape index (κ3) is 5.03. The second kappa shape index (κ2) is 8.62. The van der Waals surface area contributed by atoms with Gasteiger partial charge in [-0.3, -0.25) is 9.52 Å². The summed E-state index contributed by atoms with van der Waals surface area (Å²) in [6.07, 6.45) is 1.08. The first kappa shape index (κ1) is 20.4. The van der Waals surface area contributed by atoms with Crippen molar-refractivity contribution in [1.82, 2.24) is 0 Å². The molecule has 0 aliphatic rings. The fourth-order valence-electron chi connectivity index (χ4n) is 2.16. The first-order chi connectivity index (χ1) is 12.3. The van der Waals surface area contributed by atoms with E-state index in [4.69, 9.17) is 27.9 Å². The number of benzene rings is 2. The van der Waals surface area contributed by atoms with E-state index in [1.165, 1.54) is 31.4 Å². The highest BCUT2D eigenvalue weighted by Gasteiger charge is 2.18. The maximum atomic E-state index is 12.6. The molecule has 0 aliphatic carbocycles. The van der Waals surface area contributed by atoms with Gasteiger partial charge in [0.2, 0.25) is 5.91 Å². The highest BCUT2D eigenvalue weighted by atomic mass is 35.5. The Hall–Kier alpha value is -1.96. The largest absolute Gasteiger partial charge is 0.495 e. The molecule has 2 N–H and O–H groups in total. The van der Waals surface area contributed by atoms with Crippen LogP contribution in [0.25, 0.3) is 0 Å². The second-order valence-corrected chi connectivity index (χ2v) is 7.89. The number of sulfonamides is 1. The Morgan fingerprint density at radius 2 is 1.85 bits per heavy atom. The van der Waals surface area contributed by atoms with E-state index in [2.05, 4.69) is 10.0 Å². The molecule has 0 unspecified atom stereocenters. The molecule has 2 aromatic rings. The molecule has 0 radical (unpaired) electrons. The first-order valence-corrected chi connectivity index (χ1v) is 9.96. The van der Waals surface area contributed by atoms with Crippen molar-refractivity contribution in [2.75, 3.05) is 17.1 Å². The quantitative estimate of drug-likeness (QED) is 0.693. The zero-order valence-electron chi connectivity index (χ0n) is 14.2. The van der Waals surface area contributed by atoms with E-state index in [0.29, 0.717) is 24.3 Å². The van der Waals surface area contributed by atoms with Crippen molar-refractivity contribution >= 4 is 50.5 Å². The second-order valence-electron chi connectivity index (χ2n) is 5.39. The Kier molecular flexibility index (Phi) is 6.75. The Balaban J connectivity index is 2.33. The summed E-state index contributed by atoms with van der Waals surface area (Å²) in [5.41, 5.74) is 0.643. The minimum absolute atomic E-state index is 0.0469. The van der Waals surface area contributed by atoms with Crippen LogP contribution < -0.4 is 14.8 Å². The Bertz CT molecular complexity index is 917. The molecule has 26 heavy (non-hydrogen) atoms. The van der Waals surface area contributed by atoms with Crippen LogP contribution in [0.5, 0.6) is 5.75 Å². The van der Waals surface area contributed by atoms with Crippen molar-refractivity contribution in [2.45, 2.75) is 24.7 Å². The molecule has 0 aliphatic heterocycles. The Morgan fingerprint density at radius 3 is 2.46 bits per heavy atom. The summed E-state index contributed by atoms with van der Waals surface area (Å²) < 4.78 is 32.9. The van der Waals surface area contributed by atoms with Crippen LogP contribution in [0.3, 0.4) is 0 Å². The molecule has 140 valence electrons. The zero-order chi connectivity index (χ0) is 19.3. The lowest BCUT2D eigenvalue weighted by Crippen LogP contribution is -2.15. The molecule has 0 saturated heterocycles. The van der Waals surface area contributed by atoms with Crippen LogP contribution in [0.1, 0.15) is 19.8 Å². The molecule has 0 spiro atoms. The van der Waals surface area contributed by atoms with Crippen molar-refractivity contribution in [3.63, 3.8) is 0 Å². The van der Waals surface area contributed by atoms with Crippen molar-refractivity contribution in [2.24, 2.45) is 0 Å². The van der Waals surface area contributed by atoms with Gasteiger partial charge in [0.1, 0.15) is 5.75 Å². The summed E-state index contributed by atoms with van der Waals surface area (Å²) in [6.45, 7) is 1.89. The predicted octanol–water partition coefficient (Wildman–Crippen LogP) is 4.54. The molecular formula is C17H18Cl2N2O4S. The van der Waals surface area contributed by atoms with Gasteiger partial charge >= 0.3 is 0 Å². The van der Waals surface area contributed by atoms with E-state index in [-0.39, 0.29) is 26.5 Å². The molecule has 0 saturated carbocycles. The number of hydrogen-bond acceptors (Lipinski definition) is 4. The van der Waals surface area contributed by atoms with Crippen LogP contribution in [-0.4, -0.2) is 21.4 Å². The molecule has 1 amide bonds. The maximum Gasteiger partial charge on any atom is 0.262 e. The summed E-state index contributed by atoms with van der Waals surface area (Å²) in [5, 5.41) is 3.09. The molecule has 6 nitrogen and oxygen atoms in total. The number of carbonyl (C=O) groups is 1. The van der Waals surface area contributed by atoms with Crippen LogP contribution in [-0.2, 0) is 14.8 Å². The van der Waals surface area contributed by atoms with E-state index >= 15 is 0 Å². The smallest absolute Gasteiger partial charge is 0.262 e. The fourth-order valence-corrected chi connectivity index (χ4v) is 3.61. The van der Waals surface area contributed by atoms with Crippen LogP contribution in [0, 0.1) is 0 Å².